The van der Waals surface area contributed by atoms with Crippen molar-refractivity contribution >= 4 is 33.2 Å². The van der Waals surface area contributed by atoms with Crippen LogP contribution >= 0.6 is 11.6 Å². The molecule has 152 valence electrons. The van der Waals surface area contributed by atoms with Crippen LogP contribution in [0.1, 0.15) is 18.1 Å². The molecule has 0 aliphatic carbocycles. The van der Waals surface area contributed by atoms with Gasteiger partial charge in [0.1, 0.15) is 18.4 Å². The topological polar surface area (TPSA) is 75.7 Å². The van der Waals surface area contributed by atoms with Crippen LogP contribution < -0.4 is 14.4 Å². The Labute approximate surface area is 171 Å². The van der Waals surface area contributed by atoms with E-state index in [0.717, 1.165) is 27.4 Å². The lowest BCUT2D eigenvalue weighted by atomic mass is 10.1. The monoisotopic (exact) mass is 424 g/mol. The number of carbonyl (C=O) groups is 1. The summed E-state index contributed by atoms with van der Waals surface area (Å²) < 4.78 is 31.3. The molecule has 0 heterocycles. The summed E-state index contributed by atoms with van der Waals surface area (Å²) in [6, 6.07) is 11.2. The summed E-state index contributed by atoms with van der Waals surface area (Å²) in [4.78, 5) is 12.5. The number of sulfonamides is 1. The molecule has 2 rings (SSSR count). The maximum atomic E-state index is 12.5. The molecule has 0 aromatic heterocycles. The average molecular weight is 425 g/mol. The molecule has 0 aliphatic rings. The number of rotatable bonds is 8. The molecule has 0 bridgehead atoms. The molecule has 28 heavy (non-hydrogen) atoms. The van der Waals surface area contributed by atoms with Crippen molar-refractivity contribution in [3.8, 4) is 5.75 Å². The fourth-order valence-electron chi connectivity index (χ4n) is 2.79. The van der Waals surface area contributed by atoms with Crippen LogP contribution in [0.3, 0.4) is 0 Å². The summed E-state index contributed by atoms with van der Waals surface area (Å²) in [5, 5.41) is 3.11. The molecule has 0 unspecified atom stereocenters. The van der Waals surface area contributed by atoms with E-state index >= 15 is 0 Å². The highest BCUT2D eigenvalue weighted by molar-refractivity contribution is 7.92. The zero-order chi connectivity index (χ0) is 20.9. The van der Waals surface area contributed by atoms with Gasteiger partial charge in [0.05, 0.1) is 18.5 Å². The van der Waals surface area contributed by atoms with Gasteiger partial charge in [-0.05, 0) is 56.2 Å². The molecule has 6 nitrogen and oxygen atoms in total. The molecular weight excluding hydrogens is 400 g/mol. The van der Waals surface area contributed by atoms with Crippen molar-refractivity contribution < 1.29 is 17.9 Å². The number of carbonyl (C=O) groups excluding carboxylic acids is 1. The van der Waals surface area contributed by atoms with Crippen molar-refractivity contribution in [2.45, 2.75) is 26.8 Å². The van der Waals surface area contributed by atoms with Gasteiger partial charge in [0, 0.05) is 5.02 Å². The summed E-state index contributed by atoms with van der Waals surface area (Å²) in [6.07, 6.45) is 1.06. The van der Waals surface area contributed by atoms with Gasteiger partial charge in [0.25, 0.3) is 0 Å². The smallest absolute Gasteiger partial charge is 0.243 e. The van der Waals surface area contributed by atoms with Gasteiger partial charge in [-0.3, -0.25) is 9.10 Å². The number of anilines is 1. The Hall–Kier alpha value is -2.25. The molecule has 1 N–H and O–H groups in total. The Morgan fingerprint density at radius 3 is 2.54 bits per heavy atom. The minimum absolute atomic E-state index is 0.254. The number of halogens is 1. The molecular formula is C20H25ClN2O4S. The largest absolute Gasteiger partial charge is 0.491 e. The lowest BCUT2D eigenvalue weighted by molar-refractivity contribution is -0.121. The normalized spacial score (nSPS) is 12.3. The number of amides is 1. The lowest BCUT2D eigenvalue weighted by Gasteiger charge is -2.28. The van der Waals surface area contributed by atoms with E-state index in [9.17, 15) is 13.2 Å². The number of nitrogens with one attached hydrogen (secondary N) is 1. The van der Waals surface area contributed by atoms with E-state index in [1.54, 1.807) is 18.2 Å². The average Bonchev–Trinajstić information content (AvgIpc) is 2.60. The van der Waals surface area contributed by atoms with Gasteiger partial charge in [-0.25, -0.2) is 8.42 Å². The highest BCUT2D eigenvalue weighted by Crippen LogP contribution is 2.24. The van der Waals surface area contributed by atoms with Crippen molar-refractivity contribution in [2.75, 3.05) is 23.7 Å². The zero-order valence-electron chi connectivity index (χ0n) is 16.4. The minimum Gasteiger partial charge on any atom is -0.491 e. The maximum Gasteiger partial charge on any atom is 0.243 e. The second-order valence-corrected chi connectivity index (χ2v) is 8.85. The quantitative estimate of drug-likeness (QED) is 0.659. The first-order chi connectivity index (χ1) is 13.1. The molecule has 0 spiro atoms. The first-order valence-corrected chi connectivity index (χ1v) is 11.1. The molecule has 0 radical (unpaired) electrons. The number of benzene rings is 2. The van der Waals surface area contributed by atoms with Crippen molar-refractivity contribution in [2.24, 2.45) is 0 Å². The van der Waals surface area contributed by atoms with E-state index in [1.165, 1.54) is 13.0 Å². The summed E-state index contributed by atoms with van der Waals surface area (Å²) >= 11 is 5.97. The van der Waals surface area contributed by atoms with E-state index in [0.29, 0.717) is 10.7 Å². The summed E-state index contributed by atoms with van der Waals surface area (Å²) in [5.74, 6) is 0.342. The van der Waals surface area contributed by atoms with E-state index in [2.05, 4.69) is 5.32 Å². The third-order valence-corrected chi connectivity index (χ3v) is 5.84. The molecule has 0 aliphatic heterocycles. The van der Waals surface area contributed by atoms with Crippen LogP contribution in [-0.4, -0.2) is 39.8 Å². The molecule has 0 fully saturated rings. The van der Waals surface area contributed by atoms with Crippen LogP contribution in [0.5, 0.6) is 5.75 Å². The highest BCUT2D eigenvalue weighted by Gasteiger charge is 2.29. The second-order valence-electron chi connectivity index (χ2n) is 6.55. The van der Waals surface area contributed by atoms with Gasteiger partial charge in [-0.15, -0.1) is 0 Å². The number of hydrogen-bond donors (Lipinski definition) is 1. The molecule has 2 aromatic carbocycles. The summed E-state index contributed by atoms with van der Waals surface area (Å²) in [7, 11) is -3.68. The van der Waals surface area contributed by atoms with E-state index in [4.69, 9.17) is 16.3 Å². The molecule has 0 saturated heterocycles. The predicted octanol–water partition coefficient (Wildman–Crippen LogP) is 3.31. The van der Waals surface area contributed by atoms with Crippen molar-refractivity contribution in [3.05, 3.63) is 58.6 Å². The Balaban J connectivity index is 2.00. The van der Waals surface area contributed by atoms with Crippen LogP contribution in [0, 0.1) is 13.8 Å². The van der Waals surface area contributed by atoms with Crippen LogP contribution in [0.2, 0.25) is 5.02 Å². The van der Waals surface area contributed by atoms with Crippen LogP contribution in [0.4, 0.5) is 5.69 Å². The molecule has 0 saturated carbocycles. The van der Waals surface area contributed by atoms with Crippen molar-refractivity contribution in [1.29, 1.82) is 0 Å². The van der Waals surface area contributed by atoms with Gasteiger partial charge >= 0.3 is 0 Å². The Bertz CT molecular complexity index is 947. The fraction of sp³-hybridized carbons (Fsp3) is 0.350. The van der Waals surface area contributed by atoms with E-state index in [-0.39, 0.29) is 13.2 Å². The van der Waals surface area contributed by atoms with E-state index in [1.807, 2.05) is 32.0 Å². The number of ether oxygens (including phenoxy) is 1. The zero-order valence-corrected chi connectivity index (χ0v) is 18.0. The molecule has 8 heteroatoms. The third-order valence-electron chi connectivity index (χ3n) is 4.36. The number of nitrogens with zero attached hydrogens (tertiary/aromatic N) is 1. The molecule has 1 atom stereocenters. The Kier molecular flexibility index (Phi) is 7.32. The molecule has 2 aromatic rings. The first-order valence-electron chi connectivity index (χ1n) is 8.83. The molecule has 1 amide bonds. The van der Waals surface area contributed by atoms with Gasteiger partial charge in [-0.1, -0.05) is 29.8 Å². The number of aryl methyl sites for hydroxylation is 1. The van der Waals surface area contributed by atoms with Gasteiger partial charge in [-0.2, -0.15) is 0 Å². The third kappa shape index (κ3) is 5.62. The predicted molar refractivity (Wildman–Crippen MR) is 113 cm³/mol. The van der Waals surface area contributed by atoms with E-state index < -0.39 is 22.0 Å². The second kappa shape index (κ2) is 9.30. The Morgan fingerprint density at radius 1 is 1.21 bits per heavy atom. The fourth-order valence-corrected chi connectivity index (χ4v) is 4.14. The van der Waals surface area contributed by atoms with Gasteiger partial charge < -0.3 is 10.1 Å². The van der Waals surface area contributed by atoms with Gasteiger partial charge in [0.15, 0.2) is 0 Å². The van der Waals surface area contributed by atoms with Crippen molar-refractivity contribution in [1.82, 2.24) is 5.32 Å². The Morgan fingerprint density at radius 2 is 1.89 bits per heavy atom. The SMILES string of the molecule is Cc1cccc(OCCNC(=O)[C@@H](C)N(c2cccc(Cl)c2)S(C)(=O)=O)c1C. The summed E-state index contributed by atoms with van der Waals surface area (Å²) in [5.41, 5.74) is 2.51. The highest BCUT2D eigenvalue weighted by atomic mass is 35.5. The number of hydrogen-bond acceptors (Lipinski definition) is 4. The standard InChI is InChI=1S/C20H25ClN2O4S/c1-14-7-5-10-19(15(14)2)27-12-11-22-20(24)16(3)23(28(4,25)26)18-9-6-8-17(21)13-18/h5-10,13,16H,11-12H2,1-4H3,(H,22,24)/t16-/m1/s1. The van der Waals surface area contributed by atoms with Crippen LogP contribution in [0.15, 0.2) is 42.5 Å². The van der Waals surface area contributed by atoms with Crippen LogP contribution in [0.25, 0.3) is 0 Å². The minimum atomic E-state index is -3.68. The van der Waals surface area contributed by atoms with Crippen molar-refractivity contribution in [3.63, 3.8) is 0 Å². The maximum absolute atomic E-state index is 12.5. The first kappa shape index (κ1) is 22.0. The lowest BCUT2D eigenvalue weighted by Crippen LogP contribution is -2.48. The van der Waals surface area contributed by atoms with Crippen LogP contribution in [-0.2, 0) is 14.8 Å². The summed E-state index contributed by atoms with van der Waals surface area (Å²) in [6.45, 7) is 6.03. The van der Waals surface area contributed by atoms with Gasteiger partial charge in [0.2, 0.25) is 15.9 Å².